The first kappa shape index (κ1) is 22.6. The number of rotatable bonds is 8. The summed E-state index contributed by atoms with van der Waals surface area (Å²) in [7, 11) is -1.99. The molecule has 0 saturated carbocycles. The third-order valence-corrected chi connectivity index (χ3v) is 7.44. The molecule has 0 aliphatic carbocycles. The molecule has 1 amide bonds. The van der Waals surface area contributed by atoms with E-state index < -0.39 is 10.0 Å². The Kier molecular flexibility index (Phi) is 7.75. The molecule has 1 N–H and O–H groups in total. The summed E-state index contributed by atoms with van der Waals surface area (Å²) in [4.78, 5) is 12.8. The number of piperidine rings is 1. The number of methoxy groups -OCH3 is 1. The molecule has 1 heterocycles. The number of aryl methyl sites for hydroxylation is 1. The number of hydrogen-bond donors (Lipinski definition) is 1. The second-order valence-corrected chi connectivity index (χ2v) is 9.77. The summed E-state index contributed by atoms with van der Waals surface area (Å²) in [5.74, 6) is 0.407. The average Bonchev–Trinajstić information content (AvgIpc) is 2.77. The van der Waals surface area contributed by atoms with Crippen molar-refractivity contribution in [3.63, 3.8) is 0 Å². The summed E-state index contributed by atoms with van der Waals surface area (Å²) in [5.41, 5.74) is 1.18. The summed E-state index contributed by atoms with van der Waals surface area (Å²) in [6, 6.07) is 14.0. The summed E-state index contributed by atoms with van der Waals surface area (Å²) in [5, 5.41) is 3.45. The SMILES string of the molecule is COc1ccc(CCCNC(=O)[C@H]2CCCN(S(=O)(=O)c3ccc(Cl)cc3)C2)cc1. The lowest BCUT2D eigenvalue weighted by Gasteiger charge is -2.31. The van der Waals surface area contributed by atoms with Gasteiger partial charge in [-0.15, -0.1) is 0 Å². The van der Waals surface area contributed by atoms with Crippen LogP contribution in [-0.2, 0) is 21.2 Å². The van der Waals surface area contributed by atoms with Crippen LogP contribution < -0.4 is 10.1 Å². The Morgan fingerprint density at radius 2 is 1.87 bits per heavy atom. The van der Waals surface area contributed by atoms with Crippen molar-refractivity contribution in [2.75, 3.05) is 26.7 Å². The molecule has 2 aromatic carbocycles. The maximum absolute atomic E-state index is 12.9. The van der Waals surface area contributed by atoms with Crippen LogP contribution in [0.3, 0.4) is 0 Å². The van der Waals surface area contributed by atoms with Gasteiger partial charge in [0.15, 0.2) is 0 Å². The van der Waals surface area contributed by atoms with Crippen LogP contribution in [0.25, 0.3) is 0 Å². The fraction of sp³-hybridized carbons (Fsp3) is 0.409. The van der Waals surface area contributed by atoms with Gasteiger partial charge in [-0.3, -0.25) is 4.79 Å². The predicted molar refractivity (Wildman–Crippen MR) is 117 cm³/mol. The van der Waals surface area contributed by atoms with E-state index in [0.717, 1.165) is 18.6 Å². The van der Waals surface area contributed by atoms with Gasteiger partial charge in [-0.25, -0.2) is 8.42 Å². The Morgan fingerprint density at radius 1 is 1.17 bits per heavy atom. The molecule has 0 aromatic heterocycles. The monoisotopic (exact) mass is 450 g/mol. The number of carbonyl (C=O) groups is 1. The zero-order valence-corrected chi connectivity index (χ0v) is 18.6. The lowest BCUT2D eigenvalue weighted by Crippen LogP contribution is -2.45. The first-order valence-electron chi connectivity index (χ1n) is 10.1. The van der Waals surface area contributed by atoms with Crippen molar-refractivity contribution in [2.24, 2.45) is 5.92 Å². The quantitative estimate of drug-likeness (QED) is 0.624. The van der Waals surface area contributed by atoms with Gasteiger partial charge in [0.05, 0.1) is 17.9 Å². The Morgan fingerprint density at radius 3 is 2.53 bits per heavy atom. The van der Waals surface area contributed by atoms with Crippen molar-refractivity contribution in [2.45, 2.75) is 30.6 Å². The second kappa shape index (κ2) is 10.3. The standard InChI is InChI=1S/C22H27ClN2O4S/c1-29-20-10-6-17(7-11-20)4-2-14-24-22(26)18-5-3-15-25(16-18)30(27,28)21-12-8-19(23)9-13-21/h6-13,18H,2-5,14-16H2,1H3,(H,24,26)/t18-/m0/s1. The van der Waals surface area contributed by atoms with E-state index in [2.05, 4.69) is 5.32 Å². The molecule has 0 spiro atoms. The summed E-state index contributed by atoms with van der Waals surface area (Å²) >= 11 is 5.86. The molecule has 1 aliphatic heterocycles. The van der Waals surface area contributed by atoms with Gasteiger partial charge in [-0.1, -0.05) is 23.7 Å². The van der Waals surface area contributed by atoms with Gasteiger partial charge in [0.1, 0.15) is 5.75 Å². The van der Waals surface area contributed by atoms with E-state index in [1.807, 2.05) is 24.3 Å². The number of ether oxygens (including phenoxy) is 1. The highest BCUT2D eigenvalue weighted by atomic mass is 35.5. The third-order valence-electron chi connectivity index (χ3n) is 5.31. The van der Waals surface area contributed by atoms with Gasteiger partial charge in [-0.2, -0.15) is 4.31 Å². The molecule has 2 aromatic rings. The van der Waals surface area contributed by atoms with Gasteiger partial charge in [0.25, 0.3) is 0 Å². The van der Waals surface area contributed by atoms with E-state index in [4.69, 9.17) is 16.3 Å². The van der Waals surface area contributed by atoms with E-state index in [9.17, 15) is 13.2 Å². The van der Waals surface area contributed by atoms with Crippen molar-refractivity contribution >= 4 is 27.5 Å². The molecule has 3 rings (SSSR count). The molecule has 0 bridgehead atoms. The molecule has 0 radical (unpaired) electrons. The lowest BCUT2D eigenvalue weighted by atomic mass is 9.99. The number of nitrogens with zero attached hydrogens (tertiary/aromatic N) is 1. The second-order valence-electron chi connectivity index (χ2n) is 7.40. The third kappa shape index (κ3) is 5.74. The summed E-state index contributed by atoms with van der Waals surface area (Å²) in [6.45, 7) is 1.19. The van der Waals surface area contributed by atoms with Crippen molar-refractivity contribution in [3.05, 3.63) is 59.1 Å². The van der Waals surface area contributed by atoms with Gasteiger partial charge < -0.3 is 10.1 Å². The summed E-state index contributed by atoms with van der Waals surface area (Å²) in [6.07, 6.45) is 3.03. The molecule has 8 heteroatoms. The van der Waals surface area contributed by atoms with Gasteiger partial charge in [0.2, 0.25) is 15.9 Å². The van der Waals surface area contributed by atoms with Crippen LogP contribution in [-0.4, -0.2) is 45.4 Å². The van der Waals surface area contributed by atoms with E-state index in [-0.39, 0.29) is 23.3 Å². The number of benzene rings is 2. The number of nitrogens with one attached hydrogen (secondary N) is 1. The Bertz CT molecular complexity index is 946. The van der Waals surface area contributed by atoms with Gasteiger partial charge in [0, 0.05) is 24.7 Å². The maximum atomic E-state index is 12.9. The lowest BCUT2D eigenvalue weighted by molar-refractivity contribution is -0.126. The fourth-order valence-corrected chi connectivity index (χ4v) is 5.22. The number of hydrogen-bond acceptors (Lipinski definition) is 4. The molecule has 1 atom stereocenters. The topological polar surface area (TPSA) is 75.7 Å². The Balaban J connectivity index is 1.49. The van der Waals surface area contributed by atoms with Crippen molar-refractivity contribution in [1.29, 1.82) is 0 Å². The highest BCUT2D eigenvalue weighted by molar-refractivity contribution is 7.89. The molecule has 1 saturated heterocycles. The molecule has 30 heavy (non-hydrogen) atoms. The minimum absolute atomic E-state index is 0.0827. The number of amides is 1. The first-order chi connectivity index (χ1) is 14.4. The van der Waals surface area contributed by atoms with Gasteiger partial charge >= 0.3 is 0 Å². The van der Waals surface area contributed by atoms with Crippen molar-refractivity contribution in [3.8, 4) is 5.75 Å². The number of halogens is 1. The van der Waals surface area contributed by atoms with Crippen molar-refractivity contribution in [1.82, 2.24) is 9.62 Å². The molecule has 0 unspecified atom stereocenters. The normalized spacial score (nSPS) is 17.5. The smallest absolute Gasteiger partial charge is 0.243 e. The molecule has 1 aliphatic rings. The first-order valence-corrected chi connectivity index (χ1v) is 11.9. The number of sulfonamides is 1. The molecular formula is C22H27ClN2O4S. The van der Waals surface area contributed by atoms with Crippen LogP contribution in [0.5, 0.6) is 5.75 Å². The van der Waals surface area contributed by atoms with Crippen LogP contribution in [0.15, 0.2) is 53.4 Å². The molecule has 162 valence electrons. The number of carbonyl (C=O) groups excluding carboxylic acids is 1. The molecule has 1 fully saturated rings. The van der Waals surface area contributed by atoms with Crippen LogP contribution in [0.4, 0.5) is 0 Å². The van der Waals surface area contributed by atoms with Crippen LogP contribution in [0, 0.1) is 5.92 Å². The zero-order valence-electron chi connectivity index (χ0n) is 17.0. The average molecular weight is 451 g/mol. The predicted octanol–water partition coefficient (Wildman–Crippen LogP) is 3.50. The zero-order chi connectivity index (χ0) is 21.6. The minimum atomic E-state index is -3.63. The van der Waals surface area contributed by atoms with Crippen LogP contribution in [0.1, 0.15) is 24.8 Å². The van der Waals surface area contributed by atoms with Gasteiger partial charge in [-0.05, 0) is 67.6 Å². The van der Waals surface area contributed by atoms with Crippen molar-refractivity contribution < 1.29 is 17.9 Å². The molecule has 6 nitrogen and oxygen atoms in total. The summed E-state index contributed by atoms with van der Waals surface area (Å²) < 4.78 is 32.3. The van der Waals surface area contributed by atoms with E-state index in [1.165, 1.54) is 22.0 Å². The van der Waals surface area contributed by atoms with E-state index in [1.54, 1.807) is 19.2 Å². The highest BCUT2D eigenvalue weighted by Gasteiger charge is 2.33. The fourth-order valence-electron chi connectivity index (χ4n) is 3.57. The Hall–Kier alpha value is -2.09. The Labute approximate surface area is 183 Å². The minimum Gasteiger partial charge on any atom is -0.497 e. The van der Waals surface area contributed by atoms with Crippen LogP contribution in [0.2, 0.25) is 5.02 Å². The highest BCUT2D eigenvalue weighted by Crippen LogP contribution is 2.25. The largest absolute Gasteiger partial charge is 0.497 e. The van der Waals surface area contributed by atoms with E-state index >= 15 is 0 Å². The van der Waals surface area contributed by atoms with Crippen LogP contribution >= 0.6 is 11.6 Å². The maximum Gasteiger partial charge on any atom is 0.243 e. The molecular weight excluding hydrogens is 424 g/mol. The van der Waals surface area contributed by atoms with E-state index in [0.29, 0.717) is 31.0 Å².